The van der Waals surface area contributed by atoms with Crippen LogP contribution in [0.15, 0.2) is 71.6 Å². The van der Waals surface area contributed by atoms with Crippen molar-refractivity contribution >= 4 is 27.3 Å². The number of carbonyl (C=O) groups excluding carboxylic acids is 1. The fourth-order valence-electron chi connectivity index (χ4n) is 3.81. The Bertz CT molecular complexity index is 1260. The number of rotatable bonds is 7. The number of benzene rings is 3. The lowest BCUT2D eigenvalue weighted by Gasteiger charge is -2.20. The van der Waals surface area contributed by atoms with Crippen LogP contribution >= 0.6 is 0 Å². The molecule has 166 valence electrons. The predicted octanol–water partition coefficient (Wildman–Crippen LogP) is 3.85. The number of nitrogens with zero attached hydrogens (tertiary/aromatic N) is 1. The molecular weight excluding hydrogens is 428 g/mol. The zero-order valence-corrected chi connectivity index (χ0v) is 18.7. The maximum absolute atomic E-state index is 13.4. The van der Waals surface area contributed by atoms with E-state index in [1.807, 2.05) is 30.3 Å². The van der Waals surface area contributed by atoms with Crippen LogP contribution in [-0.2, 0) is 27.8 Å². The summed E-state index contributed by atoms with van der Waals surface area (Å²) >= 11 is 0. The number of fused-ring (bicyclic) bond motifs is 1. The van der Waals surface area contributed by atoms with Gasteiger partial charge in [-0.3, -0.25) is 9.10 Å². The first-order chi connectivity index (χ1) is 15.4. The second kappa shape index (κ2) is 9.02. The summed E-state index contributed by atoms with van der Waals surface area (Å²) in [6.07, 6.45) is 0.650. The number of methoxy groups -OCH3 is 2. The second-order valence-electron chi connectivity index (χ2n) is 7.41. The van der Waals surface area contributed by atoms with Crippen molar-refractivity contribution in [1.29, 1.82) is 0 Å². The second-order valence-corrected chi connectivity index (χ2v) is 9.27. The third-order valence-electron chi connectivity index (χ3n) is 5.34. The molecule has 0 radical (unpaired) electrons. The van der Waals surface area contributed by atoms with Crippen LogP contribution in [0.5, 0.6) is 5.75 Å². The normalized spacial score (nSPS) is 13.0. The van der Waals surface area contributed by atoms with Gasteiger partial charge in [-0.15, -0.1) is 0 Å². The fourth-order valence-corrected chi connectivity index (χ4v) is 5.34. The molecule has 1 heterocycles. The molecule has 0 aliphatic carbocycles. The molecule has 1 N–H and O–H groups in total. The minimum atomic E-state index is -3.84. The van der Waals surface area contributed by atoms with Crippen LogP contribution in [0, 0.1) is 0 Å². The Morgan fingerprint density at radius 1 is 1.03 bits per heavy atom. The third kappa shape index (κ3) is 4.19. The van der Waals surface area contributed by atoms with Crippen molar-refractivity contribution in [3.63, 3.8) is 0 Å². The topological polar surface area (TPSA) is 84.9 Å². The Balaban J connectivity index is 1.66. The van der Waals surface area contributed by atoms with E-state index in [4.69, 9.17) is 9.47 Å². The number of para-hydroxylation sites is 1. The van der Waals surface area contributed by atoms with Gasteiger partial charge in [0.1, 0.15) is 5.75 Å². The Labute approximate surface area is 187 Å². The van der Waals surface area contributed by atoms with E-state index in [0.29, 0.717) is 30.9 Å². The Morgan fingerprint density at radius 3 is 2.62 bits per heavy atom. The van der Waals surface area contributed by atoms with Crippen LogP contribution in [0.4, 0.5) is 11.4 Å². The van der Waals surface area contributed by atoms with Crippen molar-refractivity contribution in [1.82, 2.24) is 0 Å². The molecule has 0 spiro atoms. The molecule has 0 saturated carbocycles. The summed E-state index contributed by atoms with van der Waals surface area (Å²) in [5.41, 5.74) is 3.27. The highest BCUT2D eigenvalue weighted by atomic mass is 32.2. The van der Waals surface area contributed by atoms with Crippen molar-refractivity contribution in [3.05, 3.63) is 83.4 Å². The first-order valence-electron chi connectivity index (χ1n) is 10.1. The van der Waals surface area contributed by atoms with Gasteiger partial charge in [0.25, 0.3) is 15.9 Å². The number of ether oxygens (including phenoxy) is 2. The molecule has 3 aromatic carbocycles. The highest BCUT2D eigenvalue weighted by Crippen LogP contribution is 2.34. The van der Waals surface area contributed by atoms with Crippen LogP contribution < -0.4 is 14.4 Å². The largest absolute Gasteiger partial charge is 0.496 e. The first-order valence-corrected chi connectivity index (χ1v) is 11.6. The number of anilines is 2. The Hall–Kier alpha value is -3.36. The van der Waals surface area contributed by atoms with E-state index in [9.17, 15) is 13.2 Å². The van der Waals surface area contributed by atoms with Crippen LogP contribution in [0.25, 0.3) is 0 Å². The van der Waals surface area contributed by atoms with Gasteiger partial charge >= 0.3 is 0 Å². The van der Waals surface area contributed by atoms with Crippen molar-refractivity contribution in [2.24, 2.45) is 0 Å². The van der Waals surface area contributed by atoms with E-state index in [2.05, 4.69) is 5.32 Å². The fraction of sp³-hybridized carbons (Fsp3) is 0.208. The van der Waals surface area contributed by atoms with E-state index in [0.717, 1.165) is 11.1 Å². The summed E-state index contributed by atoms with van der Waals surface area (Å²) in [4.78, 5) is 13.1. The SMILES string of the molecule is COCc1cccc(NC(=O)c2cc(S(=O)(=O)N3CCc4ccccc43)ccc2OC)c1. The molecule has 0 aromatic heterocycles. The summed E-state index contributed by atoms with van der Waals surface area (Å²) in [5, 5.41) is 2.81. The van der Waals surface area contributed by atoms with E-state index < -0.39 is 15.9 Å². The molecule has 1 aliphatic heterocycles. The number of amides is 1. The molecule has 0 atom stereocenters. The minimum Gasteiger partial charge on any atom is -0.496 e. The molecule has 0 bridgehead atoms. The first kappa shape index (κ1) is 21.9. The number of hydrogen-bond donors (Lipinski definition) is 1. The third-order valence-corrected chi connectivity index (χ3v) is 7.15. The van der Waals surface area contributed by atoms with Crippen molar-refractivity contribution in [2.45, 2.75) is 17.9 Å². The Kier molecular flexibility index (Phi) is 6.16. The molecule has 4 rings (SSSR count). The van der Waals surface area contributed by atoms with E-state index >= 15 is 0 Å². The van der Waals surface area contributed by atoms with E-state index in [1.165, 1.54) is 29.6 Å². The van der Waals surface area contributed by atoms with Crippen LogP contribution in [-0.4, -0.2) is 35.1 Å². The summed E-state index contributed by atoms with van der Waals surface area (Å²) < 4.78 is 38.6. The van der Waals surface area contributed by atoms with Gasteiger partial charge in [-0.2, -0.15) is 0 Å². The summed E-state index contributed by atoms with van der Waals surface area (Å²) in [5.74, 6) is -0.174. The zero-order valence-electron chi connectivity index (χ0n) is 17.9. The number of hydrogen-bond acceptors (Lipinski definition) is 5. The number of carbonyl (C=O) groups is 1. The highest BCUT2D eigenvalue weighted by Gasteiger charge is 2.31. The van der Waals surface area contributed by atoms with Crippen molar-refractivity contribution in [3.8, 4) is 5.75 Å². The molecule has 3 aromatic rings. The molecule has 7 nitrogen and oxygen atoms in total. The molecule has 1 aliphatic rings. The van der Waals surface area contributed by atoms with Gasteiger partial charge in [-0.1, -0.05) is 30.3 Å². The summed E-state index contributed by atoms with van der Waals surface area (Å²) in [6, 6.07) is 19.0. The van der Waals surface area contributed by atoms with Gasteiger partial charge < -0.3 is 14.8 Å². The van der Waals surface area contributed by atoms with Crippen LogP contribution in [0.3, 0.4) is 0 Å². The molecule has 1 amide bonds. The van der Waals surface area contributed by atoms with Gasteiger partial charge in [0.05, 0.1) is 29.9 Å². The van der Waals surface area contributed by atoms with E-state index in [-0.39, 0.29) is 16.2 Å². The average Bonchev–Trinajstić information content (AvgIpc) is 3.24. The maximum atomic E-state index is 13.4. The lowest BCUT2D eigenvalue weighted by Crippen LogP contribution is -2.29. The maximum Gasteiger partial charge on any atom is 0.264 e. The lowest BCUT2D eigenvalue weighted by atomic mass is 10.1. The van der Waals surface area contributed by atoms with Crippen LogP contribution in [0.2, 0.25) is 0 Å². The van der Waals surface area contributed by atoms with Crippen molar-refractivity contribution < 1.29 is 22.7 Å². The van der Waals surface area contributed by atoms with Gasteiger partial charge in [-0.25, -0.2) is 8.42 Å². The summed E-state index contributed by atoms with van der Waals surface area (Å²) in [7, 11) is -0.800. The zero-order chi connectivity index (χ0) is 22.7. The molecule has 0 fully saturated rings. The Morgan fingerprint density at radius 2 is 1.84 bits per heavy atom. The monoisotopic (exact) mass is 452 g/mol. The smallest absolute Gasteiger partial charge is 0.264 e. The quantitative estimate of drug-likeness (QED) is 0.589. The average molecular weight is 453 g/mol. The highest BCUT2D eigenvalue weighted by molar-refractivity contribution is 7.92. The van der Waals surface area contributed by atoms with Gasteiger partial charge in [0.2, 0.25) is 0 Å². The van der Waals surface area contributed by atoms with Gasteiger partial charge in [-0.05, 0) is 53.9 Å². The lowest BCUT2D eigenvalue weighted by molar-refractivity contribution is 0.102. The van der Waals surface area contributed by atoms with E-state index in [1.54, 1.807) is 25.3 Å². The van der Waals surface area contributed by atoms with Gasteiger partial charge in [0, 0.05) is 19.3 Å². The molecule has 8 heteroatoms. The summed E-state index contributed by atoms with van der Waals surface area (Å²) in [6.45, 7) is 0.777. The number of sulfonamides is 1. The minimum absolute atomic E-state index is 0.0355. The van der Waals surface area contributed by atoms with Crippen molar-refractivity contribution in [2.75, 3.05) is 30.4 Å². The predicted molar refractivity (Wildman–Crippen MR) is 123 cm³/mol. The van der Waals surface area contributed by atoms with Gasteiger partial charge in [0.15, 0.2) is 0 Å². The van der Waals surface area contributed by atoms with Crippen LogP contribution in [0.1, 0.15) is 21.5 Å². The molecular formula is C24H24N2O5S. The number of nitrogens with one attached hydrogen (secondary N) is 1. The molecule has 32 heavy (non-hydrogen) atoms. The molecule has 0 saturated heterocycles. The molecule has 0 unspecified atom stereocenters. The standard InChI is InChI=1S/C24H24N2O5S/c1-30-16-17-6-5-8-19(14-17)25-24(27)21-15-20(10-11-23(21)31-2)32(28,29)26-13-12-18-7-3-4-9-22(18)26/h3-11,14-15H,12-13,16H2,1-2H3,(H,25,27).